The molecule has 1 aliphatic carbocycles. The largest absolute Gasteiger partial charge is 0.507 e. The fraction of sp³-hybridized carbons (Fsp3) is 0.304. The molecule has 0 bridgehead atoms. The van der Waals surface area contributed by atoms with Crippen molar-refractivity contribution in [3.63, 3.8) is 0 Å². The first-order valence-corrected chi connectivity index (χ1v) is 10.5. The molecule has 2 aromatic rings. The molecule has 0 radical (unpaired) electrons. The van der Waals surface area contributed by atoms with E-state index in [1.165, 1.54) is 0 Å². The molecule has 0 aromatic heterocycles. The summed E-state index contributed by atoms with van der Waals surface area (Å²) < 4.78 is 0. The summed E-state index contributed by atoms with van der Waals surface area (Å²) in [5.74, 6) is -1.44. The number of aliphatic hydroxyl groups excluding tert-OH is 1. The summed E-state index contributed by atoms with van der Waals surface area (Å²) in [6, 6.07) is 11.4. The Morgan fingerprint density at radius 2 is 1.69 bits per heavy atom. The van der Waals surface area contributed by atoms with E-state index in [0.29, 0.717) is 21.2 Å². The quantitative estimate of drug-likeness (QED) is 0.388. The van der Waals surface area contributed by atoms with Crippen LogP contribution in [0.15, 0.2) is 48.0 Å². The van der Waals surface area contributed by atoms with E-state index in [1.54, 1.807) is 35.2 Å². The van der Waals surface area contributed by atoms with Crippen molar-refractivity contribution in [3.8, 4) is 0 Å². The summed E-state index contributed by atoms with van der Waals surface area (Å²) in [5.41, 5.74) is 2.20. The minimum Gasteiger partial charge on any atom is -0.507 e. The van der Waals surface area contributed by atoms with Crippen LogP contribution in [0.5, 0.6) is 0 Å². The number of hydrogen-bond donors (Lipinski definition) is 1. The van der Waals surface area contributed by atoms with E-state index in [-0.39, 0.29) is 17.4 Å². The lowest BCUT2D eigenvalue weighted by Crippen LogP contribution is -2.37. The predicted octanol–water partition coefficient (Wildman–Crippen LogP) is 5.67. The first kappa shape index (κ1) is 20.0. The van der Waals surface area contributed by atoms with E-state index in [0.717, 1.165) is 31.2 Å². The maximum Gasteiger partial charge on any atom is 0.295 e. The highest BCUT2D eigenvalue weighted by Gasteiger charge is 2.49. The van der Waals surface area contributed by atoms with Gasteiger partial charge < -0.3 is 10.0 Å². The smallest absolute Gasteiger partial charge is 0.295 e. The normalized spacial score (nSPS) is 21.9. The maximum atomic E-state index is 13.0. The fourth-order valence-electron chi connectivity index (χ4n) is 4.30. The number of nitrogens with zero attached hydrogens (tertiary/aromatic N) is 1. The van der Waals surface area contributed by atoms with Gasteiger partial charge in [0.15, 0.2) is 0 Å². The summed E-state index contributed by atoms with van der Waals surface area (Å²) in [6.07, 6.45) is 3.68. The molecule has 1 unspecified atom stereocenters. The average Bonchev–Trinajstić information content (AvgIpc) is 3.29. The van der Waals surface area contributed by atoms with Crippen LogP contribution >= 0.6 is 23.2 Å². The molecule has 1 heterocycles. The van der Waals surface area contributed by atoms with Gasteiger partial charge in [-0.1, -0.05) is 71.9 Å². The number of aryl methyl sites for hydroxylation is 1. The van der Waals surface area contributed by atoms with Gasteiger partial charge in [-0.3, -0.25) is 9.59 Å². The second kappa shape index (κ2) is 7.85. The monoisotopic (exact) mass is 429 g/mol. The van der Waals surface area contributed by atoms with E-state index in [4.69, 9.17) is 23.2 Å². The van der Waals surface area contributed by atoms with Gasteiger partial charge in [0.25, 0.3) is 11.7 Å². The topological polar surface area (TPSA) is 57.6 Å². The Morgan fingerprint density at radius 3 is 2.31 bits per heavy atom. The number of Topliss-reactive ketones (excluding diaryl/α,β-unsaturated/α-hetero) is 1. The Morgan fingerprint density at radius 1 is 1.03 bits per heavy atom. The van der Waals surface area contributed by atoms with Crippen molar-refractivity contribution in [1.29, 1.82) is 0 Å². The van der Waals surface area contributed by atoms with Gasteiger partial charge in [-0.15, -0.1) is 0 Å². The lowest BCUT2D eigenvalue weighted by molar-refractivity contribution is -0.141. The molecule has 1 aliphatic heterocycles. The van der Waals surface area contributed by atoms with Gasteiger partial charge in [0.05, 0.1) is 11.6 Å². The third-order valence-electron chi connectivity index (χ3n) is 5.78. The van der Waals surface area contributed by atoms with E-state index in [9.17, 15) is 14.7 Å². The van der Waals surface area contributed by atoms with Crippen LogP contribution in [0.1, 0.15) is 48.4 Å². The van der Waals surface area contributed by atoms with E-state index in [1.807, 2.05) is 19.1 Å². The van der Waals surface area contributed by atoms with Crippen LogP contribution in [0.3, 0.4) is 0 Å². The number of benzene rings is 2. The molecule has 2 aromatic carbocycles. The lowest BCUT2D eigenvalue weighted by atomic mass is 9.94. The Hall–Kier alpha value is -2.30. The number of hydrogen-bond acceptors (Lipinski definition) is 3. The van der Waals surface area contributed by atoms with Crippen molar-refractivity contribution in [1.82, 2.24) is 4.90 Å². The third-order valence-corrected chi connectivity index (χ3v) is 6.34. The van der Waals surface area contributed by atoms with Crippen LogP contribution in [0, 0.1) is 6.92 Å². The van der Waals surface area contributed by atoms with Gasteiger partial charge in [-0.2, -0.15) is 0 Å². The lowest BCUT2D eigenvalue weighted by Gasteiger charge is -2.31. The minimum absolute atomic E-state index is 0.0495. The van der Waals surface area contributed by atoms with Crippen LogP contribution in [-0.4, -0.2) is 27.7 Å². The van der Waals surface area contributed by atoms with Crippen LogP contribution in [0.4, 0.5) is 0 Å². The molecule has 29 heavy (non-hydrogen) atoms. The number of amides is 1. The van der Waals surface area contributed by atoms with Gasteiger partial charge in [0.2, 0.25) is 0 Å². The number of carbonyl (C=O) groups excluding carboxylic acids is 2. The number of aliphatic hydroxyl groups is 1. The second-order valence-corrected chi connectivity index (χ2v) is 8.52. The number of likely N-dealkylation sites (tertiary alicyclic amines) is 1. The number of rotatable bonds is 3. The molecule has 4 nitrogen and oxygen atoms in total. The van der Waals surface area contributed by atoms with Gasteiger partial charge in [0, 0.05) is 21.7 Å². The molecule has 1 atom stereocenters. The van der Waals surface area contributed by atoms with Crippen LogP contribution in [0.2, 0.25) is 10.0 Å². The summed E-state index contributed by atoms with van der Waals surface area (Å²) in [7, 11) is 0. The van der Waals surface area contributed by atoms with Crippen LogP contribution < -0.4 is 0 Å². The first-order valence-electron chi connectivity index (χ1n) is 9.70. The summed E-state index contributed by atoms with van der Waals surface area (Å²) >= 11 is 12.5. The zero-order valence-corrected chi connectivity index (χ0v) is 17.5. The van der Waals surface area contributed by atoms with Gasteiger partial charge in [-0.05, 0) is 37.5 Å². The summed E-state index contributed by atoms with van der Waals surface area (Å²) in [4.78, 5) is 27.7. The highest BCUT2D eigenvalue weighted by atomic mass is 35.5. The fourth-order valence-corrected chi connectivity index (χ4v) is 4.82. The standard InChI is InChI=1S/C23H21Cl2NO3/c1-13-6-8-14(9-7-13)21(27)19-20(17-11-10-15(24)12-18(17)25)26(23(29)22(19)28)16-4-2-3-5-16/h6-12,16,20,27H,2-5H2,1H3. The number of carbonyl (C=O) groups is 2. The van der Waals surface area contributed by atoms with Crippen molar-refractivity contribution < 1.29 is 14.7 Å². The zero-order chi connectivity index (χ0) is 20.7. The first-order chi connectivity index (χ1) is 13.9. The second-order valence-electron chi connectivity index (χ2n) is 7.68. The Bertz CT molecular complexity index is 1010. The molecular formula is C23H21Cl2NO3. The van der Waals surface area contributed by atoms with Crippen molar-refractivity contribution in [2.45, 2.75) is 44.7 Å². The molecular weight excluding hydrogens is 409 g/mol. The average molecular weight is 430 g/mol. The van der Waals surface area contributed by atoms with Gasteiger partial charge in [0.1, 0.15) is 5.76 Å². The highest BCUT2D eigenvalue weighted by molar-refractivity contribution is 6.47. The SMILES string of the molecule is Cc1ccc(C(O)=C2C(=O)C(=O)N(C3CCCC3)C2c2ccc(Cl)cc2Cl)cc1. The number of ketones is 1. The van der Waals surface area contributed by atoms with Crippen molar-refractivity contribution in [2.75, 3.05) is 0 Å². The Labute approximate surface area is 179 Å². The van der Waals surface area contributed by atoms with Crippen LogP contribution in [0.25, 0.3) is 5.76 Å². The van der Waals surface area contributed by atoms with Crippen LogP contribution in [-0.2, 0) is 9.59 Å². The van der Waals surface area contributed by atoms with Gasteiger partial charge in [-0.25, -0.2) is 0 Å². The Balaban J connectivity index is 1.91. The maximum absolute atomic E-state index is 13.0. The van der Waals surface area contributed by atoms with Crippen molar-refractivity contribution in [3.05, 3.63) is 74.8 Å². The third kappa shape index (κ3) is 3.56. The van der Waals surface area contributed by atoms with E-state index in [2.05, 4.69) is 0 Å². The summed E-state index contributed by atoms with van der Waals surface area (Å²) in [6.45, 7) is 1.94. The molecule has 1 amide bonds. The highest BCUT2D eigenvalue weighted by Crippen LogP contribution is 2.45. The molecule has 1 saturated heterocycles. The molecule has 1 saturated carbocycles. The Kier molecular flexibility index (Phi) is 5.41. The molecule has 150 valence electrons. The molecule has 2 aliphatic rings. The minimum atomic E-state index is -0.732. The van der Waals surface area contributed by atoms with Gasteiger partial charge >= 0.3 is 0 Å². The molecule has 6 heteroatoms. The summed E-state index contributed by atoms with van der Waals surface area (Å²) in [5, 5.41) is 11.9. The zero-order valence-electron chi connectivity index (χ0n) is 16.0. The molecule has 2 fully saturated rings. The van der Waals surface area contributed by atoms with E-state index < -0.39 is 17.7 Å². The number of halogens is 2. The van der Waals surface area contributed by atoms with Crippen molar-refractivity contribution in [2.24, 2.45) is 0 Å². The molecule has 4 rings (SSSR count). The molecule has 1 N–H and O–H groups in total. The van der Waals surface area contributed by atoms with E-state index >= 15 is 0 Å². The van der Waals surface area contributed by atoms with Crippen molar-refractivity contribution >= 4 is 40.7 Å². The molecule has 0 spiro atoms. The predicted molar refractivity (Wildman–Crippen MR) is 114 cm³/mol.